The Bertz CT molecular complexity index is 612. The van der Waals surface area contributed by atoms with Crippen LogP contribution in [-0.2, 0) is 11.2 Å². The molecular formula is C21H25NO. The van der Waals surface area contributed by atoms with Crippen LogP contribution in [0.1, 0.15) is 31.2 Å². The Morgan fingerprint density at radius 1 is 0.870 bits per heavy atom. The number of rotatable bonds is 3. The van der Waals surface area contributed by atoms with Crippen molar-refractivity contribution in [3.05, 3.63) is 66.2 Å². The van der Waals surface area contributed by atoms with Crippen LogP contribution in [0.25, 0.3) is 0 Å². The maximum atomic E-state index is 6.28. The monoisotopic (exact) mass is 307 g/mol. The van der Waals surface area contributed by atoms with Gasteiger partial charge in [0.1, 0.15) is 0 Å². The molecule has 4 rings (SSSR count). The zero-order valence-electron chi connectivity index (χ0n) is 13.6. The van der Waals surface area contributed by atoms with E-state index >= 15 is 0 Å². The number of hydrogen-bond donors (Lipinski definition) is 0. The molecule has 2 aromatic carbocycles. The van der Waals surface area contributed by atoms with E-state index < -0.39 is 0 Å². The molecule has 0 aromatic heterocycles. The molecule has 23 heavy (non-hydrogen) atoms. The van der Waals surface area contributed by atoms with Gasteiger partial charge in [0.2, 0.25) is 0 Å². The predicted molar refractivity (Wildman–Crippen MR) is 94.9 cm³/mol. The number of para-hydroxylation sites is 1. The minimum atomic E-state index is 0.413. The van der Waals surface area contributed by atoms with Gasteiger partial charge in [-0.1, -0.05) is 61.4 Å². The number of ether oxygens (including phenoxy) is 1. The molecule has 3 atom stereocenters. The van der Waals surface area contributed by atoms with Crippen molar-refractivity contribution in [3.8, 4) is 0 Å². The van der Waals surface area contributed by atoms with Crippen molar-refractivity contribution < 1.29 is 4.74 Å². The third kappa shape index (κ3) is 3.13. The molecule has 2 nitrogen and oxygen atoms in total. The smallest absolute Gasteiger partial charge is 0.0779 e. The summed E-state index contributed by atoms with van der Waals surface area (Å²) in [7, 11) is 0. The lowest BCUT2D eigenvalue weighted by Crippen LogP contribution is -2.58. The Kier molecular flexibility index (Phi) is 4.34. The minimum Gasteiger partial charge on any atom is -0.374 e. The Balaban J connectivity index is 1.63. The zero-order chi connectivity index (χ0) is 15.5. The van der Waals surface area contributed by atoms with Gasteiger partial charge in [-0.3, -0.25) is 0 Å². The molecule has 1 saturated carbocycles. The molecule has 2 heteroatoms. The fourth-order valence-electron chi connectivity index (χ4n) is 4.22. The second-order valence-corrected chi connectivity index (χ2v) is 6.81. The largest absolute Gasteiger partial charge is 0.374 e. The minimum absolute atomic E-state index is 0.413. The summed E-state index contributed by atoms with van der Waals surface area (Å²) in [6.07, 6.45) is 6.57. The SMILES string of the molecule is c1ccc(C[C@@H]2CO[C@H]3CCCC[C@@H]3N2c2ccccc2)cc1. The Labute approximate surface area is 139 Å². The molecule has 0 spiro atoms. The van der Waals surface area contributed by atoms with E-state index in [-0.39, 0.29) is 0 Å². The van der Waals surface area contributed by atoms with Gasteiger partial charge < -0.3 is 9.64 Å². The average molecular weight is 307 g/mol. The molecule has 1 heterocycles. The first-order valence-electron chi connectivity index (χ1n) is 8.91. The fraction of sp³-hybridized carbons (Fsp3) is 0.429. The van der Waals surface area contributed by atoms with Gasteiger partial charge >= 0.3 is 0 Å². The molecule has 2 fully saturated rings. The molecule has 2 aliphatic rings. The Morgan fingerprint density at radius 2 is 1.57 bits per heavy atom. The van der Waals surface area contributed by atoms with Gasteiger partial charge in [-0.15, -0.1) is 0 Å². The maximum Gasteiger partial charge on any atom is 0.0779 e. The van der Waals surface area contributed by atoms with Gasteiger partial charge in [-0.05, 0) is 37.0 Å². The van der Waals surface area contributed by atoms with E-state index in [1.165, 1.54) is 36.9 Å². The van der Waals surface area contributed by atoms with Gasteiger partial charge in [-0.25, -0.2) is 0 Å². The third-order valence-electron chi connectivity index (χ3n) is 5.29. The lowest BCUT2D eigenvalue weighted by molar-refractivity contribution is -0.0276. The lowest BCUT2D eigenvalue weighted by atomic mass is 9.87. The van der Waals surface area contributed by atoms with E-state index in [0.29, 0.717) is 18.2 Å². The highest BCUT2D eigenvalue weighted by Gasteiger charge is 2.39. The second kappa shape index (κ2) is 6.76. The number of anilines is 1. The lowest BCUT2D eigenvalue weighted by Gasteiger charge is -2.49. The molecule has 0 unspecified atom stereocenters. The summed E-state index contributed by atoms with van der Waals surface area (Å²) in [5.74, 6) is 0. The van der Waals surface area contributed by atoms with Crippen molar-refractivity contribution in [2.24, 2.45) is 0 Å². The van der Waals surface area contributed by atoms with Gasteiger partial charge in [0.25, 0.3) is 0 Å². The average Bonchev–Trinajstić information content (AvgIpc) is 2.63. The fourth-order valence-corrected chi connectivity index (χ4v) is 4.22. The zero-order valence-corrected chi connectivity index (χ0v) is 13.6. The normalized spacial score (nSPS) is 27.5. The number of hydrogen-bond acceptors (Lipinski definition) is 2. The van der Waals surface area contributed by atoms with E-state index in [1.54, 1.807) is 0 Å². The second-order valence-electron chi connectivity index (χ2n) is 6.81. The van der Waals surface area contributed by atoms with E-state index in [0.717, 1.165) is 13.0 Å². The summed E-state index contributed by atoms with van der Waals surface area (Å²) in [6, 6.07) is 22.7. The van der Waals surface area contributed by atoms with Crippen LogP contribution in [0.2, 0.25) is 0 Å². The third-order valence-corrected chi connectivity index (χ3v) is 5.29. The summed E-state index contributed by atoms with van der Waals surface area (Å²) >= 11 is 0. The summed E-state index contributed by atoms with van der Waals surface area (Å²) < 4.78 is 6.28. The van der Waals surface area contributed by atoms with Crippen LogP contribution in [0.5, 0.6) is 0 Å². The number of fused-ring (bicyclic) bond motifs is 1. The van der Waals surface area contributed by atoms with Crippen LogP contribution >= 0.6 is 0 Å². The highest BCUT2D eigenvalue weighted by atomic mass is 16.5. The van der Waals surface area contributed by atoms with Crippen LogP contribution < -0.4 is 4.90 Å². The van der Waals surface area contributed by atoms with Crippen LogP contribution in [0, 0.1) is 0 Å². The van der Waals surface area contributed by atoms with E-state index in [9.17, 15) is 0 Å². The van der Waals surface area contributed by atoms with Crippen molar-refractivity contribution in [2.45, 2.75) is 50.3 Å². The van der Waals surface area contributed by atoms with Gasteiger partial charge in [0, 0.05) is 5.69 Å². The molecular weight excluding hydrogens is 282 g/mol. The van der Waals surface area contributed by atoms with Crippen molar-refractivity contribution in [3.63, 3.8) is 0 Å². The highest BCUT2D eigenvalue weighted by molar-refractivity contribution is 5.49. The summed E-state index contributed by atoms with van der Waals surface area (Å²) in [5.41, 5.74) is 2.75. The van der Waals surface area contributed by atoms with E-state index in [2.05, 4.69) is 65.6 Å². The van der Waals surface area contributed by atoms with Gasteiger partial charge in [0.15, 0.2) is 0 Å². The summed E-state index contributed by atoms with van der Waals surface area (Å²) in [4.78, 5) is 2.67. The molecule has 0 N–H and O–H groups in total. The number of benzene rings is 2. The quantitative estimate of drug-likeness (QED) is 0.831. The Morgan fingerprint density at radius 3 is 2.35 bits per heavy atom. The van der Waals surface area contributed by atoms with Crippen molar-refractivity contribution in [1.82, 2.24) is 0 Å². The molecule has 0 amide bonds. The molecule has 2 aromatic rings. The molecule has 0 radical (unpaired) electrons. The maximum absolute atomic E-state index is 6.28. The van der Waals surface area contributed by atoms with E-state index in [4.69, 9.17) is 4.74 Å². The first-order chi connectivity index (χ1) is 11.4. The first kappa shape index (κ1) is 14.8. The van der Waals surface area contributed by atoms with Gasteiger partial charge in [0.05, 0.1) is 24.8 Å². The summed E-state index contributed by atoms with van der Waals surface area (Å²) in [5, 5.41) is 0. The van der Waals surface area contributed by atoms with Crippen molar-refractivity contribution in [2.75, 3.05) is 11.5 Å². The van der Waals surface area contributed by atoms with Crippen LogP contribution in [0.3, 0.4) is 0 Å². The number of morpholine rings is 1. The topological polar surface area (TPSA) is 12.5 Å². The number of nitrogens with zero attached hydrogens (tertiary/aromatic N) is 1. The van der Waals surface area contributed by atoms with Crippen molar-refractivity contribution >= 4 is 5.69 Å². The Hall–Kier alpha value is -1.80. The molecule has 0 bridgehead atoms. The first-order valence-corrected chi connectivity index (χ1v) is 8.91. The van der Waals surface area contributed by atoms with Crippen molar-refractivity contribution in [1.29, 1.82) is 0 Å². The molecule has 120 valence electrons. The standard InChI is InChI=1S/C21H25NO/c1-3-9-17(10-4-1)15-19-16-23-21-14-8-7-13-20(21)22(19)18-11-5-2-6-12-18/h1-6,9-12,19-21H,7-8,13-16H2/t19-,20+,21+/m1/s1. The molecule has 1 saturated heterocycles. The molecule has 1 aliphatic carbocycles. The van der Waals surface area contributed by atoms with Crippen LogP contribution in [0.15, 0.2) is 60.7 Å². The summed E-state index contributed by atoms with van der Waals surface area (Å²) in [6.45, 7) is 0.838. The van der Waals surface area contributed by atoms with E-state index in [1.807, 2.05) is 0 Å². The molecule has 1 aliphatic heterocycles. The highest BCUT2D eigenvalue weighted by Crippen LogP contribution is 2.35. The van der Waals surface area contributed by atoms with Gasteiger partial charge in [-0.2, -0.15) is 0 Å². The van der Waals surface area contributed by atoms with Crippen LogP contribution in [-0.4, -0.2) is 24.8 Å². The predicted octanol–water partition coefficient (Wildman–Crippen LogP) is 4.45. The van der Waals surface area contributed by atoms with Crippen LogP contribution in [0.4, 0.5) is 5.69 Å².